The predicted octanol–water partition coefficient (Wildman–Crippen LogP) is 1.84. The predicted molar refractivity (Wildman–Crippen MR) is 99.4 cm³/mol. The highest BCUT2D eigenvalue weighted by atomic mass is 16.2. The fourth-order valence-corrected chi connectivity index (χ4v) is 4.12. The number of nitrogens with one attached hydrogen (secondary N) is 2. The number of carbonyl (C=O) groups is 2. The van der Waals surface area contributed by atoms with E-state index < -0.39 is 0 Å². The maximum absolute atomic E-state index is 12.7. The van der Waals surface area contributed by atoms with E-state index in [2.05, 4.69) is 20.6 Å². The summed E-state index contributed by atoms with van der Waals surface area (Å²) in [6.45, 7) is 1.37. The largest absolute Gasteiger partial charge is 0.348 e. The van der Waals surface area contributed by atoms with Gasteiger partial charge in [0.2, 0.25) is 0 Å². The zero-order valence-electron chi connectivity index (χ0n) is 15.6. The summed E-state index contributed by atoms with van der Waals surface area (Å²) in [5.41, 5.74) is 1.97. The number of nitrogens with zero attached hydrogens (tertiary/aromatic N) is 4. The topological polar surface area (TPSA) is 95.9 Å². The number of hydrogen-bond acceptors (Lipinski definition) is 4. The Labute approximate surface area is 158 Å². The van der Waals surface area contributed by atoms with Crippen LogP contribution in [0.4, 0.5) is 0 Å². The number of rotatable bonds is 4. The van der Waals surface area contributed by atoms with Crippen molar-refractivity contribution in [1.29, 1.82) is 0 Å². The highest BCUT2D eigenvalue weighted by Gasteiger charge is 2.28. The van der Waals surface area contributed by atoms with E-state index in [0.29, 0.717) is 17.8 Å². The molecule has 2 N–H and O–H groups in total. The monoisotopic (exact) mass is 370 g/mol. The highest BCUT2D eigenvalue weighted by molar-refractivity contribution is 5.94. The normalized spacial score (nSPS) is 20.8. The van der Waals surface area contributed by atoms with Gasteiger partial charge in [-0.15, -0.1) is 0 Å². The lowest BCUT2D eigenvalue weighted by Gasteiger charge is -2.32. The first kappa shape index (κ1) is 17.8. The van der Waals surface area contributed by atoms with Gasteiger partial charge in [0.25, 0.3) is 11.8 Å². The molecule has 2 aromatic heterocycles. The Bertz CT molecular complexity index is 820. The first-order valence-corrected chi connectivity index (χ1v) is 9.74. The SMILES string of the molecule is Cn1cc(C(=O)N2CCCC(c3cc(C(=O)NC4CCCC4)n[nH]3)C2)cn1. The quantitative estimate of drug-likeness (QED) is 0.858. The standard InChI is InChI=1S/C19H26N6O2/c1-24-11-14(10-20-24)19(27)25-8-4-5-13(12-25)16-9-17(23-22-16)18(26)21-15-6-2-3-7-15/h9-11,13,15H,2-8,12H2,1H3,(H,21,26)(H,22,23). The number of piperidine rings is 1. The minimum atomic E-state index is -0.108. The summed E-state index contributed by atoms with van der Waals surface area (Å²) in [5.74, 6) is 0.0647. The molecule has 2 aliphatic rings. The summed E-state index contributed by atoms with van der Waals surface area (Å²) in [7, 11) is 1.80. The Morgan fingerprint density at radius 3 is 2.78 bits per heavy atom. The van der Waals surface area contributed by atoms with Gasteiger partial charge in [-0.25, -0.2) is 0 Å². The molecule has 1 aliphatic carbocycles. The van der Waals surface area contributed by atoms with E-state index in [0.717, 1.165) is 37.9 Å². The molecule has 1 saturated heterocycles. The summed E-state index contributed by atoms with van der Waals surface area (Å²) in [4.78, 5) is 26.9. The number of likely N-dealkylation sites (tertiary alicyclic amines) is 1. The third kappa shape index (κ3) is 3.89. The summed E-state index contributed by atoms with van der Waals surface area (Å²) < 4.78 is 1.64. The molecule has 1 aliphatic heterocycles. The zero-order chi connectivity index (χ0) is 18.8. The van der Waals surface area contributed by atoms with Crippen molar-refractivity contribution in [3.8, 4) is 0 Å². The van der Waals surface area contributed by atoms with Crippen molar-refractivity contribution >= 4 is 11.8 Å². The van der Waals surface area contributed by atoms with Gasteiger partial charge < -0.3 is 10.2 Å². The van der Waals surface area contributed by atoms with Crippen molar-refractivity contribution in [2.75, 3.05) is 13.1 Å². The Hall–Kier alpha value is -2.64. The second-order valence-corrected chi connectivity index (χ2v) is 7.66. The van der Waals surface area contributed by atoms with Crippen LogP contribution in [0.15, 0.2) is 18.5 Å². The van der Waals surface area contributed by atoms with Gasteiger partial charge in [-0.1, -0.05) is 12.8 Å². The molecule has 144 valence electrons. The second-order valence-electron chi connectivity index (χ2n) is 7.66. The molecule has 27 heavy (non-hydrogen) atoms. The number of H-pyrrole nitrogens is 1. The fraction of sp³-hybridized carbons (Fsp3) is 0.579. The molecule has 0 aromatic carbocycles. The van der Waals surface area contributed by atoms with Crippen LogP contribution in [0.2, 0.25) is 0 Å². The average Bonchev–Trinajstić information content (AvgIpc) is 3.43. The van der Waals surface area contributed by atoms with Crippen LogP contribution in [-0.2, 0) is 7.05 Å². The average molecular weight is 370 g/mol. The summed E-state index contributed by atoms with van der Waals surface area (Å²) in [6.07, 6.45) is 9.72. The van der Waals surface area contributed by atoms with Gasteiger partial charge in [0.05, 0.1) is 11.8 Å². The van der Waals surface area contributed by atoms with E-state index in [9.17, 15) is 9.59 Å². The van der Waals surface area contributed by atoms with Crippen LogP contribution in [0.3, 0.4) is 0 Å². The lowest BCUT2D eigenvalue weighted by atomic mass is 9.94. The Morgan fingerprint density at radius 2 is 2.04 bits per heavy atom. The van der Waals surface area contributed by atoms with Crippen molar-refractivity contribution in [2.24, 2.45) is 7.05 Å². The third-order valence-corrected chi connectivity index (χ3v) is 5.62. The molecular weight excluding hydrogens is 344 g/mol. The van der Waals surface area contributed by atoms with Gasteiger partial charge >= 0.3 is 0 Å². The molecule has 0 spiro atoms. The molecule has 8 nitrogen and oxygen atoms in total. The van der Waals surface area contributed by atoms with E-state index >= 15 is 0 Å². The molecule has 8 heteroatoms. The molecule has 3 heterocycles. The van der Waals surface area contributed by atoms with Crippen molar-refractivity contribution in [2.45, 2.75) is 50.5 Å². The van der Waals surface area contributed by atoms with Gasteiger partial charge in [0.1, 0.15) is 5.69 Å². The van der Waals surface area contributed by atoms with Crippen molar-refractivity contribution in [3.63, 3.8) is 0 Å². The van der Waals surface area contributed by atoms with Crippen molar-refractivity contribution < 1.29 is 9.59 Å². The second kappa shape index (κ2) is 7.54. The van der Waals surface area contributed by atoms with Crippen LogP contribution in [0.1, 0.15) is 71.0 Å². The smallest absolute Gasteiger partial charge is 0.271 e. The molecule has 0 bridgehead atoms. The van der Waals surface area contributed by atoms with Crippen molar-refractivity contribution in [3.05, 3.63) is 35.4 Å². The van der Waals surface area contributed by atoms with E-state index in [-0.39, 0.29) is 23.8 Å². The van der Waals surface area contributed by atoms with Crippen LogP contribution in [-0.4, -0.2) is 55.8 Å². The molecular formula is C19H26N6O2. The van der Waals surface area contributed by atoms with E-state index in [1.807, 2.05) is 11.0 Å². The van der Waals surface area contributed by atoms with Crippen LogP contribution in [0.25, 0.3) is 0 Å². The van der Waals surface area contributed by atoms with Crippen LogP contribution in [0, 0.1) is 0 Å². The highest BCUT2D eigenvalue weighted by Crippen LogP contribution is 2.27. The van der Waals surface area contributed by atoms with Crippen LogP contribution in [0.5, 0.6) is 0 Å². The van der Waals surface area contributed by atoms with Crippen LogP contribution < -0.4 is 5.32 Å². The first-order chi connectivity index (χ1) is 13.1. The molecule has 2 aromatic rings. The first-order valence-electron chi connectivity index (χ1n) is 9.74. The summed E-state index contributed by atoms with van der Waals surface area (Å²) in [6, 6.07) is 2.12. The van der Waals surface area contributed by atoms with E-state index in [1.54, 1.807) is 24.1 Å². The Balaban J connectivity index is 1.40. The van der Waals surface area contributed by atoms with E-state index in [4.69, 9.17) is 0 Å². The van der Waals surface area contributed by atoms with Crippen molar-refractivity contribution in [1.82, 2.24) is 30.2 Å². The molecule has 2 fully saturated rings. The number of amides is 2. The maximum atomic E-state index is 12.7. The van der Waals surface area contributed by atoms with Gasteiger partial charge in [-0.05, 0) is 31.7 Å². The number of aromatic amines is 1. The molecule has 1 unspecified atom stereocenters. The Morgan fingerprint density at radius 1 is 1.22 bits per heavy atom. The van der Waals surface area contributed by atoms with Gasteiger partial charge in [0, 0.05) is 44.0 Å². The number of aromatic nitrogens is 4. The number of carbonyl (C=O) groups excluding carboxylic acids is 2. The fourth-order valence-electron chi connectivity index (χ4n) is 4.12. The number of aryl methyl sites for hydroxylation is 1. The molecule has 4 rings (SSSR count). The lowest BCUT2D eigenvalue weighted by molar-refractivity contribution is 0.0705. The summed E-state index contributed by atoms with van der Waals surface area (Å²) in [5, 5.41) is 14.4. The maximum Gasteiger partial charge on any atom is 0.271 e. The van der Waals surface area contributed by atoms with Gasteiger partial charge in [-0.3, -0.25) is 19.4 Å². The number of hydrogen-bond donors (Lipinski definition) is 2. The van der Waals surface area contributed by atoms with Gasteiger partial charge in [0.15, 0.2) is 0 Å². The van der Waals surface area contributed by atoms with Crippen LogP contribution >= 0.6 is 0 Å². The molecule has 0 radical (unpaired) electrons. The zero-order valence-corrected chi connectivity index (χ0v) is 15.6. The van der Waals surface area contributed by atoms with Gasteiger partial charge in [-0.2, -0.15) is 10.2 Å². The minimum absolute atomic E-state index is 0.00603. The lowest BCUT2D eigenvalue weighted by Crippen LogP contribution is -2.39. The Kier molecular flexibility index (Phi) is 4.96. The molecule has 1 atom stereocenters. The molecule has 2 amide bonds. The minimum Gasteiger partial charge on any atom is -0.348 e. The third-order valence-electron chi connectivity index (χ3n) is 5.62. The summed E-state index contributed by atoms with van der Waals surface area (Å²) >= 11 is 0. The van der Waals surface area contributed by atoms with E-state index in [1.165, 1.54) is 12.8 Å². The molecule has 1 saturated carbocycles.